The summed E-state index contributed by atoms with van der Waals surface area (Å²) in [7, 11) is 0. The van der Waals surface area contributed by atoms with Crippen LogP contribution in [0.2, 0.25) is 5.02 Å². The number of ether oxygens (including phenoxy) is 2. The molecular weight excluding hydrogens is 483 g/mol. The second-order valence-electron chi connectivity index (χ2n) is 10.8. The van der Waals surface area contributed by atoms with Gasteiger partial charge in [-0.05, 0) is 68.9 Å². The Bertz CT molecular complexity index is 1560. The van der Waals surface area contributed by atoms with Gasteiger partial charge in [0.25, 0.3) is 0 Å². The molecule has 5 atom stereocenters. The Morgan fingerprint density at radius 1 is 1.14 bits per heavy atom. The van der Waals surface area contributed by atoms with E-state index in [1.165, 1.54) is 12.4 Å². The Morgan fingerprint density at radius 2 is 1.97 bits per heavy atom. The van der Waals surface area contributed by atoms with Gasteiger partial charge in [-0.2, -0.15) is 0 Å². The molecule has 0 radical (unpaired) electrons. The predicted molar refractivity (Wildman–Crippen MR) is 135 cm³/mol. The summed E-state index contributed by atoms with van der Waals surface area (Å²) in [6, 6.07) is 7.04. The Hall–Kier alpha value is -3.01. The number of aromatic nitrogens is 4. The summed E-state index contributed by atoms with van der Waals surface area (Å²) in [6.45, 7) is 3.92. The molecule has 8 nitrogen and oxygen atoms in total. The first-order valence-corrected chi connectivity index (χ1v) is 12.5. The molecule has 0 bridgehead atoms. The molecule has 1 aromatic carbocycles. The number of halogens is 2. The van der Waals surface area contributed by atoms with Crippen molar-refractivity contribution < 1.29 is 13.9 Å². The van der Waals surface area contributed by atoms with Crippen LogP contribution in [-0.2, 0) is 15.9 Å². The molecule has 0 unspecified atom stereocenters. The fourth-order valence-corrected chi connectivity index (χ4v) is 6.81. The molecule has 36 heavy (non-hydrogen) atoms. The normalized spacial score (nSPS) is 30.1. The van der Waals surface area contributed by atoms with E-state index in [0.29, 0.717) is 29.1 Å². The van der Waals surface area contributed by atoms with Crippen LogP contribution < -0.4 is 11.5 Å². The van der Waals surface area contributed by atoms with Crippen molar-refractivity contribution >= 4 is 45.2 Å². The third-order valence-corrected chi connectivity index (χ3v) is 8.59. The largest absolute Gasteiger partial charge is 0.383 e. The number of benzene rings is 1. The number of fused-ring (bicyclic) bond motifs is 5. The summed E-state index contributed by atoms with van der Waals surface area (Å²) in [5, 5.41) is 1.46. The van der Waals surface area contributed by atoms with E-state index in [4.69, 9.17) is 32.5 Å². The fraction of sp³-hybridized carbons (Fsp3) is 0.423. The lowest BCUT2D eigenvalue weighted by Gasteiger charge is -2.24. The van der Waals surface area contributed by atoms with Crippen LogP contribution in [0.5, 0.6) is 0 Å². The SMILES string of the molecule is CC1(C)O[C@H]2[C@H](n3ccc4c(N)ncnc43)[C@H]3C[C@]3(CCc3cc(F)c4cc(Cl)c(N)nc4c3)[C@H]2O1. The zero-order valence-electron chi connectivity index (χ0n) is 19.9. The molecule has 2 saturated carbocycles. The van der Waals surface area contributed by atoms with Crippen LogP contribution in [0.4, 0.5) is 16.0 Å². The van der Waals surface area contributed by atoms with Crippen molar-refractivity contribution in [2.75, 3.05) is 11.5 Å². The van der Waals surface area contributed by atoms with Gasteiger partial charge in [-0.1, -0.05) is 11.6 Å². The molecule has 4 N–H and O–H groups in total. The van der Waals surface area contributed by atoms with Gasteiger partial charge < -0.3 is 25.5 Å². The highest BCUT2D eigenvalue weighted by Gasteiger charge is 2.75. The highest BCUT2D eigenvalue weighted by Crippen LogP contribution is 2.73. The quantitative estimate of drug-likeness (QED) is 0.412. The molecule has 1 saturated heterocycles. The highest BCUT2D eigenvalue weighted by atomic mass is 35.5. The van der Waals surface area contributed by atoms with Gasteiger partial charge in [-0.3, -0.25) is 0 Å². The molecule has 3 aromatic heterocycles. The molecular formula is C26H26ClFN6O2. The summed E-state index contributed by atoms with van der Waals surface area (Å²) < 4.78 is 30.0. The first kappa shape index (κ1) is 22.2. The maximum absolute atomic E-state index is 14.9. The van der Waals surface area contributed by atoms with Crippen LogP contribution in [0.25, 0.3) is 21.9 Å². The number of anilines is 2. The number of nitrogens with two attached hydrogens (primary N) is 2. The molecule has 10 heteroatoms. The van der Waals surface area contributed by atoms with E-state index in [1.807, 2.05) is 32.2 Å². The molecule has 0 spiro atoms. The standard InChI is InChI=1S/C26H26ClFN6O2/c1-25(2)35-20-19(34-6-4-13-22(29)31-11-32-24(13)34)15-10-26(15,21(20)36-25)5-3-12-7-17(28)14-9-16(27)23(30)33-18(14)8-12/h4,6-9,11,15,19-21H,3,5,10H2,1-2H3,(H2,30,33)(H2,29,31,32)/t15-,19-,20+,21+,26+/m1/s1. The lowest BCUT2D eigenvalue weighted by atomic mass is 9.91. The molecule has 7 rings (SSSR count). The summed E-state index contributed by atoms with van der Waals surface area (Å²) in [6.07, 6.45) is 5.90. The molecule has 186 valence electrons. The van der Waals surface area contributed by atoms with Gasteiger partial charge >= 0.3 is 0 Å². The minimum atomic E-state index is -0.680. The zero-order valence-corrected chi connectivity index (χ0v) is 20.7. The number of hydrogen-bond donors (Lipinski definition) is 2. The summed E-state index contributed by atoms with van der Waals surface area (Å²) in [5.41, 5.74) is 14.1. The van der Waals surface area contributed by atoms with E-state index >= 15 is 0 Å². The molecule has 4 heterocycles. The number of nitrogens with zero attached hydrogens (tertiary/aromatic N) is 4. The molecule has 0 amide bonds. The number of pyridine rings is 1. The third kappa shape index (κ3) is 3.09. The number of nitrogen functional groups attached to an aromatic ring is 2. The van der Waals surface area contributed by atoms with Crippen molar-refractivity contribution in [2.24, 2.45) is 11.3 Å². The number of aryl methyl sites for hydroxylation is 1. The van der Waals surface area contributed by atoms with Gasteiger partial charge in [0.05, 0.1) is 28.1 Å². The van der Waals surface area contributed by atoms with Crippen LogP contribution in [-0.4, -0.2) is 37.5 Å². The summed E-state index contributed by atoms with van der Waals surface area (Å²) in [4.78, 5) is 12.9. The van der Waals surface area contributed by atoms with E-state index in [0.717, 1.165) is 29.4 Å². The molecule has 2 aliphatic carbocycles. The van der Waals surface area contributed by atoms with Crippen molar-refractivity contribution in [2.45, 2.75) is 57.1 Å². The zero-order chi connectivity index (χ0) is 25.0. The second-order valence-corrected chi connectivity index (χ2v) is 11.2. The number of rotatable bonds is 4. The van der Waals surface area contributed by atoms with E-state index in [-0.39, 0.29) is 40.3 Å². The predicted octanol–water partition coefficient (Wildman–Crippen LogP) is 4.65. The minimum absolute atomic E-state index is 0.0583. The van der Waals surface area contributed by atoms with Gasteiger partial charge in [0.2, 0.25) is 0 Å². The smallest absolute Gasteiger partial charge is 0.163 e. The Kier molecular flexibility index (Phi) is 4.49. The van der Waals surface area contributed by atoms with Gasteiger partial charge in [-0.25, -0.2) is 19.3 Å². The summed E-state index contributed by atoms with van der Waals surface area (Å²) >= 11 is 6.05. The van der Waals surface area contributed by atoms with E-state index in [1.54, 1.807) is 6.07 Å². The molecule has 3 fully saturated rings. The van der Waals surface area contributed by atoms with Crippen LogP contribution in [0.15, 0.2) is 36.8 Å². The highest BCUT2D eigenvalue weighted by molar-refractivity contribution is 6.33. The van der Waals surface area contributed by atoms with Gasteiger partial charge in [0.1, 0.15) is 35.5 Å². The average molecular weight is 509 g/mol. The number of hydrogen-bond acceptors (Lipinski definition) is 7. The van der Waals surface area contributed by atoms with Crippen molar-refractivity contribution in [1.29, 1.82) is 0 Å². The van der Waals surface area contributed by atoms with Gasteiger partial charge in [0.15, 0.2) is 5.79 Å². The maximum atomic E-state index is 14.9. The Balaban J connectivity index is 1.22. The Labute approximate surface area is 211 Å². The fourth-order valence-electron chi connectivity index (χ4n) is 6.66. The first-order chi connectivity index (χ1) is 17.2. The van der Waals surface area contributed by atoms with Crippen molar-refractivity contribution in [3.05, 3.63) is 53.2 Å². The molecule has 4 aromatic rings. The van der Waals surface area contributed by atoms with E-state index in [2.05, 4.69) is 19.5 Å². The molecule has 3 aliphatic rings. The first-order valence-electron chi connectivity index (χ1n) is 12.1. The topological polar surface area (TPSA) is 114 Å². The van der Waals surface area contributed by atoms with Crippen LogP contribution >= 0.6 is 11.6 Å². The van der Waals surface area contributed by atoms with Crippen LogP contribution in [0, 0.1) is 17.2 Å². The van der Waals surface area contributed by atoms with E-state index in [9.17, 15) is 4.39 Å². The van der Waals surface area contributed by atoms with Crippen molar-refractivity contribution in [1.82, 2.24) is 19.5 Å². The minimum Gasteiger partial charge on any atom is -0.383 e. The molecule has 1 aliphatic heterocycles. The lowest BCUT2D eigenvalue weighted by molar-refractivity contribution is -0.161. The second kappa shape index (κ2) is 7.27. The maximum Gasteiger partial charge on any atom is 0.163 e. The monoisotopic (exact) mass is 508 g/mol. The summed E-state index contributed by atoms with van der Waals surface area (Å²) in [5.74, 6) is -0.00544. The van der Waals surface area contributed by atoms with Crippen LogP contribution in [0.3, 0.4) is 0 Å². The third-order valence-electron chi connectivity index (χ3n) is 8.29. The van der Waals surface area contributed by atoms with Crippen LogP contribution in [0.1, 0.15) is 38.3 Å². The van der Waals surface area contributed by atoms with Crippen molar-refractivity contribution in [3.8, 4) is 0 Å². The van der Waals surface area contributed by atoms with Crippen molar-refractivity contribution in [3.63, 3.8) is 0 Å². The lowest BCUT2D eigenvalue weighted by Crippen LogP contribution is -2.32. The van der Waals surface area contributed by atoms with Gasteiger partial charge in [-0.15, -0.1) is 0 Å². The van der Waals surface area contributed by atoms with E-state index < -0.39 is 5.79 Å². The Morgan fingerprint density at radius 3 is 2.81 bits per heavy atom. The van der Waals surface area contributed by atoms with Gasteiger partial charge in [0, 0.05) is 17.0 Å². The average Bonchev–Trinajstić information content (AvgIpc) is 3.08.